The molecule has 1 saturated heterocycles. The maximum Gasteiger partial charge on any atom is 0.161 e. The van der Waals surface area contributed by atoms with Crippen LogP contribution in [0.25, 0.3) is 0 Å². The largest absolute Gasteiger partial charge is 0.504 e. The SMILES string of the molecule is CC1(NCc2cccc(O)c2O)CCS(=O)(=O)C1. The van der Waals surface area contributed by atoms with Crippen LogP contribution < -0.4 is 5.32 Å². The summed E-state index contributed by atoms with van der Waals surface area (Å²) in [6.45, 7) is 2.18. The standard InChI is InChI=1S/C12H17NO4S/c1-12(5-6-18(16,17)8-12)13-7-9-3-2-4-10(14)11(9)15/h2-4,13-15H,5-8H2,1H3. The lowest BCUT2D eigenvalue weighted by Crippen LogP contribution is -2.42. The van der Waals surface area contributed by atoms with Crippen molar-refractivity contribution in [3.05, 3.63) is 23.8 Å². The molecule has 0 radical (unpaired) electrons. The molecule has 100 valence electrons. The number of para-hydroxylation sites is 1. The molecule has 1 aromatic rings. The third-order valence-electron chi connectivity index (χ3n) is 3.31. The second kappa shape index (κ2) is 4.44. The van der Waals surface area contributed by atoms with Gasteiger partial charge in [0.25, 0.3) is 0 Å². The fraction of sp³-hybridized carbons (Fsp3) is 0.500. The molecule has 0 bridgehead atoms. The fourth-order valence-corrected chi connectivity index (χ4v) is 4.30. The second-order valence-corrected chi connectivity index (χ2v) is 7.23. The van der Waals surface area contributed by atoms with Crippen molar-refractivity contribution in [3.8, 4) is 11.5 Å². The molecule has 1 heterocycles. The number of phenolic OH excluding ortho intramolecular Hbond substituents is 2. The summed E-state index contributed by atoms with van der Waals surface area (Å²) >= 11 is 0. The molecule has 0 saturated carbocycles. The summed E-state index contributed by atoms with van der Waals surface area (Å²) in [6.07, 6.45) is 0.564. The number of sulfone groups is 1. The lowest BCUT2D eigenvalue weighted by molar-refractivity contribution is 0.375. The molecule has 0 spiro atoms. The normalized spacial score (nSPS) is 26.3. The van der Waals surface area contributed by atoms with E-state index in [1.165, 1.54) is 6.07 Å². The summed E-state index contributed by atoms with van der Waals surface area (Å²) < 4.78 is 22.9. The first-order chi connectivity index (χ1) is 8.31. The highest BCUT2D eigenvalue weighted by atomic mass is 32.2. The molecule has 5 nitrogen and oxygen atoms in total. The first-order valence-corrected chi connectivity index (χ1v) is 7.59. The Kier molecular flexibility index (Phi) is 3.25. The van der Waals surface area contributed by atoms with Gasteiger partial charge < -0.3 is 15.5 Å². The molecule has 0 aromatic heterocycles. The number of phenols is 2. The molecule has 1 aromatic carbocycles. The number of benzene rings is 1. The summed E-state index contributed by atoms with van der Waals surface area (Å²) in [4.78, 5) is 0. The maximum atomic E-state index is 11.4. The number of aromatic hydroxyl groups is 2. The van der Waals surface area contributed by atoms with Gasteiger partial charge in [-0.3, -0.25) is 0 Å². The van der Waals surface area contributed by atoms with Crippen molar-refractivity contribution in [1.82, 2.24) is 5.32 Å². The predicted octanol–water partition coefficient (Wildman–Crippen LogP) is 0.765. The van der Waals surface area contributed by atoms with Crippen LogP contribution in [0.1, 0.15) is 18.9 Å². The fourth-order valence-electron chi connectivity index (χ4n) is 2.18. The zero-order valence-electron chi connectivity index (χ0n) is 10.2. The van der Waals surface area contributed by atoms with Gasteiger partial charge in [0, 0.05) is 17.6 Å². The van der Waals surface area contributed by atoms with Gasteiger partial charge in [-0.05, 0) is 19.4 Å². The van der Waals surface area contributed by atoms with E-state index in [2.05, 4.69) is 5.32 Å². The molecular formula is C12H17NO4S. The summed E-state index contributed by atoms with van der Waals surface area (Å²) in [6, 6.07) is 4.73. The molecule has 1 fully saturated rings. The molecule has 18 heavy (non-hydrogen) atoms. The lowest BCUT2D eigenvalue weighted by atomic mass is 10.0. The van der Waals surface area contributed by atoms with E-state index < -0.39 is 15.4 Å². The zero-order chi connectivity index (χ0) is 13.4. The van der Waals surface area contributed by atoms with Crippen molar-refractivity contribution in [2.24, 2.45) is 0 Å². The van der Waals surface area contributed by atoms with Crippen LogP contribution in [0, 0.1) is 0 Å². The Morgan fingerprint density at radius 2 is 2.11 bits per heavy atom. The van der Waals surface area contributed by atoms with E-state index in [4.69, 9.17) is 0 Å². The Balaban J connectivity index is 2.06. The van der Waals surface area contributed by atoms with Crippen LogP contribution in [-0.4, -0.2) is 35.7 Å². The number of nitrogens with one attached hydrogen (secondary N) is 1. The first-order valence-electron chi connectivity index (χ1n) is 5.77. The highest BCUT2D eigenvalue weighted by molar-refractivity contribution is 7.91. The number of hydrogen-bond acceptors (Lipinski definition) is 5. The minimum atomic E-state index is -2.95. The van der Waals surface area contributed by atoms with E-state index >= 15 is 0 Å². The molecule has 2 rings (SSSR count). The van der Waals surface area contributed by atoms with Gasteiger partial charge in [0.05, 0.1) is 11.5 Å². The Hall–Kier alpha value is -1.27. The van der Waals surface area contributed by atoms with Crippen LogP contribution >= 0.6 is 0 Å². The average Bonchev–Trinajstić information content (AvgIpc) is 2.56. The van der Waals surface area contributed by atoms with E-state index in [0.717, 1.165) is 0 Å². The average molecular weight is 271 g/mol. The van der Waals surface area contributed by atoms with Gasteiger partial charge in [-0.2, -0.15) is 0 Å². The van der Waals surface area contributed by atoms with Crippen molar-refractivity contribution >= 4 is 9.84 Å². The topological polar surface area (TPSA) is 86.6 Å². The molecule has 1 unspecified atom stereocenters. The van der Waals surface area contributed by atoms with Gasteiger partial charge in [0.1, 0.15) is 0 Å². The monoisotopic (exact) mass is 271 g/mol. The van der Waals surface area contributed by atoms with Crippen molar-refractivity contribution in [2.75, 3.05) is 11.5 Å². The van der Waals surface area contributed by atoms with Gasteiger partial charge in [0.2, 0.25) is 0 Å². The predicted molar refractivity (Wildman–Crippen MR) is 68.3 cm³/mol. The minimum absolute atomic E-state index is 0.111. The van der Waals surface area contributed by atoms with E-state index in [9.17, 15) is 18.6 Å². The van der Waals surface area contributed by atoms with Crippen LogP contribution in [0.4, 0.5) is 0 Å². The molecule has 0 aliphatic carbocycles. The van der Waals surface area contributed by atoms with Crippen LogP contribution in [0.15, 0.2) is 18.2 Å². The Bertz CT molecular complexity index is 555. The van der Waals surface area contributed by atoms with Gasteiger partial charge in [-0.1, -0.05) is 12.1 Å². The first kappa shape index (κ1) is 13.2. The van der Waals surface area contributed by atoms with Crippen molar-refractivity contribution in [2.45, 2.75) is 25.4 Å². The third kappa shape index (κ3) is 2.76. The Morgan fingerprint density at radius 3 is 2.72 bits per heavy atom. The maximum absolute atomic E-state index is 11.4. The molecule has 1 aliphatic rings. The Labute approximate surface area is 106 Å². The van der Waals surface area contributed by atoms with Crippen molar-refractivity contribution < 1.29 is 18.6 Å². The second-order valence-electron chi connectivity index (χ2n) is 5.04. The lowest BCUT2D eigenvalue weighted by Gasteiger charge is -2.24. The van der Waals surface area contributed by atoms with Gasteiger partial charge in [-0.15, -0.1) is 0 Å². The van der Waals surface area contributed by atoms with Crippen LogP contribution in [0.5, 0.6) is 11.5 Å². The van der Waals surface area contributed by atoms with Crippen LogP contribution in [0.2, 0.25) is 0 Å². The zero-order valence-corrected chi connectivity index (χ0v) is 11.0. The highest BCUT2D eigenvalue weighted by Gasteiger charge is 2.37. The van der Waals surface area contributed by atoms with E-state index in [-0.39, 0.29) is 23.0 Å². The minimum Gasteiger partial charge on any atom is -0.504 e. The van der Waals surface area contributed by atoms with Gasteiger partial charge >= 0.3 is 0 Å². The van der Waals surface area contributed by atoms with Crippen molar-refractivity contribution in [3.63, 3.8) is 0 Å². The summed E-state index contributed by atoms with van der Waals surface area (Å²) in [5, 5.41) is 22.2. The molecular weight excluding hydrogens is 254 g/mol. The molecule has 1 atom stereocenters. The highest BCUT2D eigenvalue weighted by Crippen LogP contribution is 2.29. The number of hydrogen-bond donors (Lipinski definition) is 3. The molecule has 0 amide bonds. The number of rotatable bonds is 3. The Morgan fingerprint density at radius 1 is 1.39 bits per heavy atom. The van der Waals surface area contributed by atoms with Gasteiger partial charge in [0.15, 0.2) is 21.3 Å². The molecule has 1 aliphatic heterocycles. The quantitative estimate of drug-likeness (QED) is 0.707. The third-order valence-corrected chi connectivity index (χ3v) is 5.21. The van der Waals surface area contributed by atoms with Crippen LogP contribution in [0.3, 0.4) is 0 Å². The van der Waals surface area contributed by atoms with Crippen molar-refractivity contribution in [1.29, 1.82) is 0 Å². The molecule has 3 N–H and O–H groups in total. The molecule has 6 heteroatoms. The summed E-state index contributed by atoms with van der Waals surface area (Å²) in [5.41, 5.74) is 0.0945. The summed E-state index contributed by atoms with van der Waals surface area (Å²) in [5.74, 6) is -0.0183. The van der Waals surface area contributed by atoms with E-state index in [1.807, 2.05) is 6.92 Å². The van der Waals surface area contributed by atoms with E-state index in [1.54, 1.807) is 12.1 Å². The van der Waals surface area contributed by atoms with Gasteiger partial charge in [-0.25, -0.2) is 8.42 Å². The van der Waals surface area contributed by atoms with Crippen LogP contribution in [-0.2, 0) is 16.4 Å². The smallest absolute Gasteiger partial charge is 0.161 e. The van der Waals surface area contributed by atoms with E-state index in [0.29, 0.717) is 18.5 Å². The summed E-state index contributed by atoms with van der Waals surface area (Å²) in [7, 11) is -2.95.